The van der Waals surface area contributed by atoms with E-state index in [1.165, 1.54) is 6.42 Å². The molecule has 1 amide bonds. The zero-order valence-electron chi connectivity index (χ0n) is 13.1. The first kappa shape index (κ1) is 16.3. The average molecular weight is 270 g/mol. The molecule has 0 aromatic rings. The van der Waals surface area contributed by atoms with Crippen LogP contribution in [0.3, 0.4) is 0 Å². The van der Waals surface area contributed by atoms with Gasteiger partial charge in [-0.05, 0) is 53.9 Å². The maximum Gasteiger partial charge on any atom is 0.408 e. The van der Waals surface area contributed by atoms with Crippen molar-refractivity contribution < 1.29 is 9.53 Å². The summed E-state index contributed by atoms with van der Waals surface area (Å²) in [5.41, 5.74) is 5.22. The first-order valence-electron chi connectivity index (χ1n) is 7.32. The van der Waals surface area contributed by atoms with Gasteiger partial charge in [-0.3, -0.25) is 0 Å². The van der Waals surface area contributed by atoms with Crippen molar-refractivity contribution >= 4 is 6.09 Å². The molecule has 19 heavy (non-hydrogen) atoms. The minimum atomic E-state index is -0.460. The van der Waals surface area contributed by atoms with E-state index in [1.807, 2.05) is 34.6 Å². The summed E-state index contributed by atoms with van der Waals surface area (Å²) in [6.07, 6.45) is 5.98. The summed E-state index contributed by atoms with van der Waals surface area (Å²) in [5.74, 6) is 0. The van der Waals surface area contributed by atoms with Crippen LogP contribution in [0.15, 0.2) is 0 Å². The number of rotatable bonds is 3. The Morgan fingerprint density at radius 1 is 1.16 bits per heavy atom. The van der Waals surface area contributed by atoms with Crippen molar-refractivity contribution in [1.29, 1.82) is 0 Å². The van der Waals surface area contributed by atoms with Crippen LogP contribution < -0.4 is 11.1 Å². The van der Waals surface area contributed by atoms with Crippen LogP contribution in [-0.4, -0.2) is 22.8 Å². The fourth-order valence-electron chi connectivity index (χ4n) is 2.97. The summed E-state index contributed by atoms with van der Waals surface area (Å²) in [4.78, 5) is 12.0. The number of carbonyl (C=O) groups excluding carboxylic acids is 1. The lowest BCUT2D eigenvalue weighted by atomic mass is 9.74. The highest BCUT2D eigenvalue weighted by Crippen LogP contribution is 2.34. The molecule has 112 valence electrons. The van der Waals surface area contributed by atoms with Crippen LogP contribution in [0.4, 0.5) is 4.79 Å². The molecule has 0 aliphatic heterocycles. The fourth-order valence-corrected chi connectivity index (χ4v) is 2.97. The summed E-state index contributed by atoms with van der Waals surface area (Å²) in [6, 6.07) is 0. The van der Waals surface area contributed by atoms with Gasteiger partial charge in [-0.1, -0.05) is 19.3 Å². The van der Waals surface area contributed by atoms with Crippen LogP contribution in [0.2, 0.25) is 0 Å². The number of ether oxygens (including phenoxy) is 1. The van der Waals surface area contributed by atoms with Crippen LogP contribution in [0.5, 0.6) is 0 Å². The van der Waals surface area contributed by atoms with Crippen molar-refractivity contribution in [3.63, 3.8) is 0 Å². The zero-order valence-corrected chi connectivity index (χ0v) is 13.1. The average Bonchev–Trinajstić information content (AvgIpc) is 2.11. The quantitative estimate of drug-likeness (QED) is 0.826. The Hall–Kier alpha value is -0.770. The molecule has 4 nitrogen and oxygen atoms in total. The highest BCUT2D eigenvalue weighted by Gasteiger charge is 2.38. The van der Waals surface area contributed by atoms with Gasteiger partial charge in [0.2, 0.25) is 0 Å². The molecule has 1 aliphatic carbocycles. The Morgan fingerprint density at radius 2 is 1.68 bits per heavy atom. The van der Waals surface area contributed by atoms with E-state index < -0.39 is 5.60 Å². The van der Waals surface area contributed by atoms with Crippen LogP contribution in [-0.2, 0) is 4.74 Å². The molecular formula is C15H30N2O2. The van der Waals surface area contributed by atoms with E-state index in [9.17, 15) is 4.79 Å². The van der Waals surface area contributed by atoms with Crippen molar-refractivity contribution in [3.8, 4) is 0 Å². The van der Waals surface area contributed by atoms with Crippen molar-refractivity contribution in [2.75, 3.05) is 0 Å². The summed E-state index contributed by atoms with van der Waals surface area (Å²) in [6.45, 7) is 9.67. The van der Waals surface area contributed by atoms with Crippen LogP contribution in [0.1, 0.15) is 73.1 Å². The van der Waals surface area contributed by atoms with Gasteiger partial charge in [0, 0.05) is 11.1 Å². The van der Waals surface area contributed by atoms with Crippen molar-refractivity contribution in [2.45, 2.75) is 89.8 Å². The molecular weight excluding hydrogens is 240 g/mol. The molecule has 0 atom stereocenters. The second-order valence-corrected chi connectivity index (χ2v) is 7.63. The van der Waals surface area contributed by atoms with Gasteiger partial charge in [0.15, 0.2) is 0 Å². The molecule has 0 aromatic carbocycles. The van der Waals surface area contributed by atoms with Crippen LogP contribution in [0.25, 0.3) is 0 Å². The first-order valence-corrected chi connectivity index (χ1v) is 7.32. The third-order valence-electron chi connectivity index (χ3n) is 3.37. The summed E-state index contributed by atoms with van der Waals surface area (Å²) in [5, 5.41) is 3.10. The van der Waals surface area contributed by atoms with E-state index in [2.05, 4.69) is 5.32 Å². The molecule has 4 heteroatoms. The van der Waals surface area contributed by atoms with Gasteiger partial charge in [0.1, 0.15) is 5.60 Å². The molecule has 0 unspecified atom stereocenters. The summed E-state index contributed by atoms with van der Waals surface area (Å²) >= 11 is 0. The van der Waals surface area contributed by atoms with E-state index in [0.29, 0.717) is 0 Å². The highest BCUT2D eigenvalue weighted by atomic mass is 16.6. The van der Waals surface area contributed by atoms with E-state index in [0.717, 1.165) is 32.1 Å². The van der Waals surface area contributed by atoms with Crippen LogP contribution in [0, 0.1) is 0 Å². The second kappa shape index (κ2) is 5.70. The predicted molar refractivity (Wildman–Crippen MR) is 78.1 cm³/mol. The van der Waals surface area contributed by atoms with E-state index >= 15 is 0 Å². The maximum atomic E-state index is 12.0. The lowest BCUT2D eigenvalue weighted by Gasteiger charge is -2.42. The third kappa shape index (κ3) is 6.28. The van der Waals surface area contributed by atoms with Gasteiger partial charge in [-0.15, -0.1) is 0 Å². The Bertz CT molecular complexity index is 307. The lowest BCUT2D eigenvalue weighted by Crippen LogP contribution is -2.56. The Morgan fingerprint density at radius 3 is 2.11 bits per heavy atom. The molecule has 0 heterocycles. The monoisotopic (exact) mass is 270 g/mol. The van der Waals surface area contributed by atoms with E-state index in [-0.39, 0.29) is 17.2 Å². The lowest BCUT2D eigenvalue weighted by molar-refractivity contribution is 0.0398. The number of nitrogens with one attached hydrogen (secondary N) is 1. The maximum absolute atomic E-state index is 12.0. The van der Waals surface area contributed by atoms with Gasteiger partial charge in [-0.2, -0.15) is 0 Å². The first-order chi connectivity index (χ1) is 8.52. The summed E-state index contributed by atoms with van der Waals surface area (Å²) < 4.78 is 5.39. The second-order valence-electron chi connectivity index (χ2n) is 7.63. The SMILES string of the molecule is CC(C)(N)CC1(NC(=O)OC(C)(C)C)CCCCC1. The predicted octanol–water partition coefficient (Wildman–Crippen LogP) is 3.34. The number of nitrogens with two attached hydrogens (primary N) is 1. The molecule has 1 saturated carbocycles. The van der Waals surface area contributed by atoms with E-state index in [4.69, 9.17) is 10.5 Å². The topological polar surface area (TPSA) is 64.3 Å². The summed E-state index contributed by atoms with van der Waals surface area (Å²) in [7, 11) is 0. The molecule has 1 fully saturated rings. The van der Waals surface area contributed by atoms with Gasteiger partial charge in [-0.25, -0.2) is 4.79 Å². The minimum Gasteiger partial charge on any atom is -0.444 e. The van der Waals surface area contributed by atoms with Crippen LogP contribution >= 0.6 is 0 Å². The van der Waals surface area contributed by atoms with Crippen molar-refractivity contribution in [3.05, 3.63) is 0 Å². The molecule has 1 rings (SSSR count). The Balaban J connectivity index is 2.72. The third-order valence-corrected chi connectivity index (χ3v) is 3.37. The number of carbonyl (C=O) groups is 1. The van der Waals surface area contributed by atoms with Gasteiger partial charge in [0.05, 0.1) is 0 Å². The van der Waals surface area contributed by atoms with Crippen molar-refractivity contribution in [1.82, 2.24) is 5.32 Å². The molecule has 1 aliphatic rings. The fraction of sp³-hybridized carbons (Fsp3) is 0.933. The standard InChI is InChI=1S/C15H30N2O2/c1-13(2,3)19-12(18)17-15(11-14(4,5)16)9-7-6-8-10-15/h6-11,16H2,1-5H3,(H,17,18). The zero-order chi connectivity index (χ0) is 14.7. The number of amides is 1. The van der Waals surface area contributed by atoms with Gasteiger partial charge >= 0.3 is 6.09 Å². The number of hydrogen-bond donors (Lipinski definition) is 2. The minimum absolute atomic E-state index is 0.196. The molecule has 0 saturated heterocycles. The molecule has 0 aromatic heterocycles. The van der Waals surface area contributed by atoms with Crippen molar-refractivity contribution in [2.24, 2.45) is 5.73 Å². The molecule has 0 bridgehead atoms. The number of alkyl carbamates (subject to hydrolysis) is 1. The van der Waals surface area contributed by atoms with Gasteiger partial charge in [0.25, 0.3) is 0 Å². The molecule has 0 spiro atoms. The molecule has 3 N–H and O–H groups in total. The van der Waals surface area contributed by atoms with Gasteiger partial charge < -0.3 is 15.8 Å². The van der Waals surface area contributed by atoms with E-state index in [1.54, 1.807) is 0 Å². The Labute approximate surface area is 117 Å². The molecule has 0 radical (unpaired) electrons. The Kier molecular flexibility index (Phi) is 4.88. The largest absolute Gasteiger partial charge is 0.444 e. The number of hydrogen-bond acceptors (Lipinski definition) is 3. The smallest absolute Gasteiger partial charge is 0.408 e. The highest BCUT2D eigenvalue weighted by molar-refractivity contribution is 5.68. The normalized spacial score (nSPS) is 19.9.